The number of rotatable bonds is 6. The molecule has 1 heterocycles. The van der Waals surface area contributed by atoms with E-state index in [0.29, 0.717) is 0 Å². The van der Waals surface area contributed by atoms with Gasteiger partial charge in [-0.3, -0.25) is 0 Å². The minimum atomic E-state index is 0.785. The molecule has 3 heteroatoms. The van der Waals surface area contributed by atoms with Crippen LogP contribution < -0.4 is 10.6 Å². The van der Waals surface area contributed by atoms with E-state index in [1.807, 2.05) is 0 Å². The highest BCUT2D eigenvalue weighted by molar-refractivity contribution is 4.93. The topological polar surface area (TPSA) is 27.3 Å². The third-order valence-corrected chi connectivity index (χ3v) is 4.37. The summed E-state index contributed by atoms with van der Waals surface area (Å²) in [6, 6.07) is 1.59. The van der Waals surface area contributed by atoms with Gasteiger partial charge in [0, 0.05) is 12.1 Å². The maximum Gasteiger partial charge on any atom is 0.0111 e. The van der Waals surface area contributed by atoms with Crippen LogP contribution in [0.4, 0.5) is 0 Å². The van der Waals surface area contributed by atoms with Crippen LogP contribution in [0.25, 0.3) is 0 Å². The Balaban J connectivity index is 1.68. The van der Waals surface area contributed by atoms with Crippen LogP contribution in [0.1, 0.15) is 38.5 Å². The van der Waals surface area contributed by atoms with E-state index in [-0.39, 0.29) is 0 Å². The molecule has 0 bridgehead atoms. The molecule has 1 aliphatic carbocycles. The monoisotopic (exact) mass is 239 g/mol. The van der Waals surface area contributed by atoms with E-state index in [1.54, 1.807) is 0 Å². The summed E-state index contributed by atoms with van der Waals surface area (Å²) in [6.45, 7) is 3.63. The molecule has 1 aliphatic heterocycles. The van der Waals surface area contributed by atoms with Crippen LogP contribution in [0.5, 0.6) is 0 Å². The first kappa shape index (κ1) is 13.3. The third kappa shape index (κ3) is 3.94. The van der Waals surface area contributed by atoms with E-state index in [0.717, 1.165) is 18.0 Å². The molecule has 0 spiro atoms. The summed E-state index contributed by atoms with van der Waals surface area (Å²) in [6.07, 6.45) is 8.31. The molecule has 0 amide bonds. The molecule has 0 aromatic rings. The molecule has 2 aliphatic rings. The molecule has 17 heavy (non-hydrogen) atoms. The van der Waals surface area contributed by atoms with Gasteiger partial charge in [0.1, 0.15) is 0 Å². The van der Waals surface area contributed by atoms with Gasteiger partial charge in [0.15, 0.2) is 0 Å². The Morgan fingerprint density at radius 1 is 1.18 bits per heavy atom. The molecule has 3 nitrogen and oxygen atoms in total. The number of hydrogen-bond acceptors (Lipinski definition) is 3. The molecule has 100 valence electrons. The first-order valence-corrected chi connectivity index (χ1v) is 7.39. The van der Waals surface area contributed by atoms with Gasteiger partial charge in [0.25, 0.3) is 0 Å². The summed E-state index contributed by atoms with van der Waals surface area (Å²) in [4.78, 5) is 2.27. The van der Waals surface area contributed by atoms with Crippen molar-refractivity contribution in [3.05, 3.63) is 0 Å². The number of nitrogens with one attached hydrogen (secondary N) is 2. The minimum Gasteiger partial charge on any atom is -0.314 e. The molecule has 3 unspecified atom stereocenters. The van der Waals surface area contributed by atoms with E-state index < -0.39 is 0 Å². The average Bonchev–Trinajstić information content (AvgIpc) is 2.94. The standard InChI is InChI=1S/C14H29N3/c1-17(2)11-5-10-16-13-7-3-6-12(13)14-8-4-9-15-14/h12-16H,3-11H2,1-2H3. The lowest BCUT2D eigenvalue weighted by Gasteiger charge is -2.26. The normalized spacial score (nSPS) is 33.7. The van der Waals surface area contributed by atoms with E-state index in [9.17, 15) is 0 Å². The average molecular weight is 239 g/mol. The lowest BCUT2D eigenvalue weighted by molar-refractivity contribution is 0.312. The van der Waals surface area contributed by atoms with Crippen LogP contribution in [-0.2, 0) is 0 Å². The lowest BCUT2D eigenvalue weighted by Crippen LogP contribution is -2.42. The first-order valence-electron chi connectivity index (χ1n) is 7.39. The zero-order valence-corrected chi connectivity index (χ0v) is 11.5. The minimum absolute atomic E-state index is 0.785. The Hall–Kier alpha value is -0.120. The van der Waals surface area contributed by atoms with E-state index in [2.05, 4.69) is 29.6 Å². The molecule has 1 saturated heterocycles. The van der Waals surface area contributed by atoms with Gasteiger partial charge >= 0.3 is 0 Å². The first-order chi connectivity index (χ1) is 8.27. The van der Waals surface area contributed by atoms with Gasteiger partial charge in [-0.15, -0.1) is 0 Å². The van der Waals surface area contributed by atoms with Gasteiger partial charge in [-0.2, -0.15) is 0 Å². The van der Waals surface area contributed by atoms with Crippen molar-refractivity contribution in [3.63, 3.8) is 0 Å². The Labute approximate surface area is 106 Å². The van der Waals surface area contributed by atoms with Crippen LogP contribution in [0.3, 0.4) is 0 Å². The fraction of sp³-hybridized carbons (Fsp3) is 1.00. The van der Waals surface area contributed by atoms with Crippen LogP contribution in [-0.4, -0.2) is 50.7 Å². The molecular weight excluding hydrogens is 210 g/mol. The third-order valence-electron chi connectivity index (χ3n) is 4.37. The highest BCUT2D eigenvalue weighted by atomic mass is 15.1. The van der Waals surface area contributed by atoms with Crippen molar-refractivity contribution < 1.29 is 0 Å². The van der Waals surface area contributed by atoms with Gasteiger partial charge in [-0.25, -0.2) is 0 Å². The molecule has 2 rings (SSSR count). The fourth-order valence-corrected chi connectivity index (χ4v) is 3.48. The van der Waals surface area contributed by atoms with Crippen molar-refractivity contribution in [2.75, 3.05) is 33.7 Å². The molecule has 0 aromatic carbocycles. The van der Waals surface area contributed by atoms with Gasteiger partial charge in [0.2, 0.25) is 0 Å². The molecule has 3 atom stereocenters. The Morgan fingerprint density at radius 3 is 2.76 bits per heavy atom. The quantitative estimate of drug-likeness (QED) is 0.687. The zero-order chi connectivity index (χ0) is 12.1. The summed E-state index contributed by atoms with van der Waals surface area (Å²) in [5.41, 5.74) is 0. The highest BCUT2D eigenvalue weighted by Gasteiger charge is 2.34. The maximum atomic E-state index is 3.80. The second-order valence-corrected chi connectivity index (χ2v) is 6.02. The Bertz CT molecular complexity index is 212. The molecule has 0 aromatic heterocycles. The van der Waals surface area contributed by atoms with E-state index in [1.165, 1.54) is 58.2 Å². The van der Waals surface area contributed by atoms with Gasteiger partial charge in [-0.1, -0.05) is 6.42 Å². The summed E-state index contributed by atoms with van der Waals surface area (Å²) in [5.74, 6) is 0.900. The Kier molecular flexibility index (Phi) is 5.26. The maximum absolute atomic E-state index is 3.80. The second kappa shape index (κ2) is 6.72. The van der Waals surface area contributed by atoms with Crippen molar-refractivity contribution in [2.45, 2.75) is 50.6 Å². The largest absolute Gasteiger partial charge is 0.314 e. The number of hydrogen-bond donors (Lipinski definition) is 2. The van der Waals surface area contributed by atoms with Crippen molar-refractivity contribution >= 4 is 0 Å². The van der Waals surface area contributed by atoms with Crippen LogP contribution in [0.2, 0.25) is 0 Å². The SMILES string of the molecule is CN(C)CCCNC1CCCC1C1CCCN1. The number of nitrogens with zero attached hydrogens (tertiary/aromatic N) is 1. The summed E-state index contributed by atoms with van der Waals surface area (Å²) < 4.78 is 0. The summed E-state index contributed by atoms with van der Waals surface area (Å²) in [7, 11) is 4.31. The fourth-order valence-electron chi connectivity index (χ4n) is 3.48. The smallest absolute Gasteiger partial charge is 0.0111 e. The van der Waals surface area contributed by atoms with E-state index in [4.69, 9.17) is 0 Å². The molecule has 1 saturated carbocycles. The lowest BCUT2D eigenvalue weighted by atomic mass is 9.93. The van der Waals surface area contributed by atoms with Crippen LogP contribution in [0, 0.1) is 5.92 Å². The molecule has 2 fully saturated rings. The predicted octanol–water partition coefficient (Wildman–Crippen LogP) is 1.45. The van der Waals surface area contributed by atoms with Crippen LogP contribution in [0.15, 0.2) is 0 Å². The highest BCUT2D eigenvalue weighted by Crippen LogP contribution is 2.31. The van der Waals surface area contributed by atoms with Gasteiger partial charge in [0.05, 0.1) is 0 Å². The Morgan fingerprint density at radius 2 is 2.06 bits per heavy atom. The summed E-state index contributed by atoms with van der Waals surface area (Å²) >= 11 is 0. The predicted molar refractivity (Wildman–Crippen MR) is 73.3 cm³/mol. The van der Waals surface area contributed by atoms with Gasteiger partial charge < -0.3 is 15.5 Å². The second-order valence-electron chi connectivity index (χ2n) is 6.02. The molecule has 0 radical (unpaired) electrons. The van der Waals surface area contributed by atoms with Gasteiger partial charge in [-0.05, 0) is 71.8 Å². The van der Waals surface area contributed by atoms with Crippen molar-refractivity contribution in [3.8, 4) is 0 Å². The molecule has 2 N–H and O–H groups in total. The van der Waals surface area contributed by atoms with E-state index >= 15 is 0 Å². The zero-order valence-electron chi connectivity index (χ0n) is 11.5. The van der Waals surface area contributed by atoms with Crippen molar-refractivity contribution in [2.24, 2.45) is 5.92 Å². The van der Waals surface area contributed by atoms with Crippen LogP contribution >= 0.6 is 0 Å². The summed E-state index contributed by atoms with van der Waals surface area (Å²) in [5, 5.41) is 7.49. The van der Waals surface area contributed by atoms with Crippen molar-refractivity contribution in [1.82, 2.24) is 15.5 Å². The van der Waals surface area contributed by atoms with Crippen molar-refractivity contribution in [1.29, 1.82) is 0 Å². The molecular formula is C14H29N3.